The van der Waals surface area contributed by atoms with E-state index in [2.05, 4.69) is 21.1 Å². The lowest BCUT2D eigenvalue weighted by atomic mass is 10.1. The average molecular weight is 595 g/mol. The van der Waals surface area contributed by atoms with Crippen LogP contribution in [0.3, 0.4) is 0 Å². The Morgan fingerprint density at radius 3 is 2.30 bits per heavy atom. The standard InChI is InChI=1S/C31H42N6O6/c1-19(2)15-24(17-32)31(42)37(6)14-8-7-9-25(28(39)33-18-23-12-10-20(3)11-13-23)34-30(41)27(22(5)38)35-29(40)26-16-21(4)43-36-26/h10-13,15-16,19,22,25,27,38H,7-9,14,18H2,1-6H3,(H,33,39)(H,34,41)(H,35,40)/t22-,25?,27+/m1/s1. The van der Waals surface area contributed by atoms with E-state index in [1.54, 1.807) is 20.0 Å². The molecule has 0 aliphatic heterocycles. The topological polar surface area (TPSA) is 178 Å². The smallest absolute Gasteiger partial charge is 0.274 e. The van der Waals surface area contributed by atoms with Crippen LogP contribution < -0.4 is 16.0 Å². The second-order valence-corrected chi connectivity index (χ2v) is 10.9. The SMILES string of the molecule is Cc1ccc(CNC(=O)C(CCCCN(C)C(=O)C(C#N)=CC(C)C)NC(=O)[C@@H](NC(=O)c2cc(C)on2)[C@@H](C)O)cc1. The number of hydrogen-bond acceptors (Lipinski definition) is 8. The average Bonchev–Trinajstić information content (AvgIpc) is 3.40. The van der Waals surface area contributed by atoms with Crippen molar-refractivity contribution >= 4 is 23.6 Å². The van der Waals surface area contributed by atoms with Crippen molar-refractivity contribution in [1.29, 1.82) is 5.26 Å². The fourth-order valence-corrected chi connectivity index (χ4v) is 4.14. The minimum absolute atomic E-state index is 0.0464. The Balaban J connectivity index is 2.09. The normalized spacial score (nSPS) is 13.4. The molecule has 1 aromatic heterocycles. The van der Waals surface area contributed by atoms with Crippen molar-refractivity contribution < 1.29 is 28.8 Å². The Kier molecular flexibility index (Phi) is 13.6. The quantitative estimate of drug-likeness (QED) is 0.138. The summed E-state index contributed by atoms with van der Waals surface area (Å²) in [5, 5.41) is 31.2. The molecule has 2 aromatic rings. The van der Waals surface area contributed by atoms with Gasteiger partial charge in [0.15, 0.2) is 5.69 Å². The van der Waals surface area contributed by atoms with Gasteiger partial charge >= 0.3 is 0 Å². The summed E-state index contributed by atoms with van der Waals surface area (Å²) in [6.07, 6.45) is 1.52. The van der Waals surface area contributed by atoms with Gasteiger partial charge < -0.3 is 30.5 Å². The molecule has 12 nitrogen and oxygen atoms in total. The van der Waals surface area contributed by atoms with Crippen molar-refractivity contribution in [2.45, 2.75) is 78.6 Å². The number of aliphatic hydroxyl groups is 1. The lowest BCUT2D eigenvalue weighted by molar-refractivity contribution is -0.131. The van der Waals surface area contributed by atoms with Gasteiger partial charge in [-0.2, -0.15) is 5.26 Å². The molecule has 1 heterocycles. The number of allylic oxidation sites excluding steroid dienone is 1. The van der Waals surface area contributed by atoms with Gasteiger partial charge in [0.1, 0.15) is 29.5 Å². The van der Waals surface area contributed by atoms with Crippen molar-refractivity contribution in [2.24, 2.45) is 5.92 Å². The zero-order chi connectivity index (χ0) is 32.1. The zero-order valence-electron chi connectivity index (χ0n) is 25.6. The van der Waals surface area contributed by atoms with Crippen LogP contribution in [0, 0.1) is 31.1 Å². The predicted octanol–water partition coefficient (Wildman–Crippen LogP) is 2.31. The number of likely N-dealkylation sites (N-methyl/N-ethyl adjacent to an activating group) is 1. The number of nitriles is 1. The molecule has 0 saturated heterocycles. The molecule has 4 N–H and O–H groups in total. The highest BCUT2D eigenvalue weighted by molar-refractivity contribution is 5.98. The van der Waals surface area contributed by atoms with Gasteiger partial charge in [0.05, 0.1) is 6.10 Å². The molecule has 12 heteroatoms. The van der Waals surface area contributed by atoms with Gasteiger partial charge in [0.2, 0.25) is 11.8 Å². The molecular weight excluding hydrogens is 552 g/mol. The molecule has 0 saturated carbocycles. The van der Waals surface area contributed by atoms with E-state index in [9.17, 15) is 29.5 Å². The number of aromatic nitrogens is 1. The number of nitrogens with one attached hydrogen (secondary N) is 3. The first-order valence-electron chi connectivity index (χ1n) is 14.3. The number of unbranched alkanes of at least 4 members (excludes halogenated alkanes) is 1. The van der Waals surface area contributed by atoms with E-state index in [-0.39, 0.29) is 36.1 Å². The van der Waals surface area contributed by atoms with Crippen LogP contribution in [0.5, 0.6) is 0 Å². The van der Waals surface area contributed by atoms with Crippen LogP contribution >= 0.6 is 0 Å². The third-order valence-corrected chi connectivity index (χ3v) is 6.57. The molecule has 0 aliphatic rings. The van der Waals surface area contributed by atoms with Crippen molar-refractivity contribution in [2.75, 3.05) is 13.6 Å². The van der Waals surface area contributed by atoms with Gasteiger partial charge in [-0.15, -0.1) is 0 Å². The van der Waals surface area contributed by atoms with E-state index >= 15 is 0 Å². The molecular formula is C31H42N6O6. The fraction of sp³-hybridized carbons (Fsp3) is 0.484. The second-order valence-electron chi connectivity index (χ2n) is 10.9. The van der Waals surface area contributed by atoms with Crippen molar-refractivity contribution in [3.8, 4) is 6.07 Å². The molecule has 0 aliphatic carbocycles. The first-order chi connectivity index (χ1) is 20.3. The van der Waals surface area contributed by atoms with Crippen LogP contribution in [0.15, 0.2) is 46.5 Å². The summed E-state index contributed by atoms with van der Waals surface area (Å²) >= 11 is 0. The van der Waals surface area contributed by atoms with Crippen molar-refractivity contribution in [3.63, 3.8) is 0 Å². The number of aliphatic hydroxyl groups excluding tert-OH is 1. The number of amides is 4. The van der Waals surface area contributed by atoms with Gasteiger partial charge in [-0.1, -0.05) is 54.9 Å². The van der Waals surface area contributed by atoms with Crippen LogP contribution in [0.1, 0.15) is 67.4 Å². The maximum absolute atomic E-state index is 13.2. The first kappa shape index (κ1) is 34.7. The number of carbonyl (C=O) groups excluding carboxylic acids is 4. The summed E-state index contributed by atoms with van der Waals surface area (Å²) < 4.78 is 4.91. The third kappa shape index (κ3) is 11.4. The molecule has 0 fully saturated rings. The Bertz CT molecular complexity index is 1320. The van der Waals surface area contributed by atoms with Crippen LogP contribution in [0.2, 0.25) is 0 Å². The first-order valence-corrected chi connectivity index (χ1v) is 14.3. The summed E-state index contributed by atoms with van der Waals surface area (Å²) in [5.41, 5.74) is 1.98. The molecule has 1 unspecified atom stereocenters. The van der Waals surface area contributed by atoms with Gasteiger partial charge in [-0.25, -0.2) is 0 Å². The lowest BCUT2D eigenvalue weighted by Gasteiger charge is -2.25. The Hall–Kier alpha value is -4.50. The lowest BCUT2D eigenvalue weighted by Crippen LogP contribution is -2.57. The van der Waals surface area contributed by atoms with Crippen LogP contribution in [0.25, 0.3) is 0 Å². The van der Waals surface area contributed by atoms with E-state index in [0.717, 1.165) is 11.1 Å². The molecule has 0 spiro atoms. The number of rotatable bonds is 15. The minimum atomic E-state index is -1.36. The summed E-state index contributed by atoms with van der Waals surface area (Å²) in [4.78, 5) is 53.1. The van der Waals surface area contributed by atoms with E-state index in [4.69, 9.17) is 4.52 Å². The molecule has 0 bridgehead atoms. The second kappa shape index (κ2) is 16.8. The van der Waals surface area contributed by atoms with Gasteiger partial charge in [-0.05, 0) is 51.5 Å². The molecule has 0 radical (unpaired) electrons. The summed E-state index contributed by atoms with van der Waals surface area (Å²) in [6.45, 7) is 9.26. The molecule has 2 rings (SSSR count). The monoisotopic (exact) mass is 594 g/mol. The third-order valence-electron chi connectivity index (χ3n) is 6.57. The number of hydrogen-bond donors (Lipinski definition) is 4. The molecule has 232 valence electrons. The molecule has 4 amide bonds. The number of benzene rings is 1. The van der Waals surface area contributed by atoms with Gasteiger partial charge in [0, 0.05) is 26.2 Å². The Morgan fingerprint density at radius 2 is 1.74 bits per heavy atom. The summed E-state index contributed by atoms with van der Waals surface area (Å²) in [6, 6.07) is 8.64. The molecule has 1 aromatic carbocycles. The van der Waals surface area contributed by atoms with Crippen molar-refractivity contribution in [1.82, 2.24) is 26.0 Å². The minimum Gasteiger partial charge on any atom is -0.391 e. The number of nitrogens with zero attached hydrogens (tertiary/aromatic N) is 3. The highest BCUT2D eigenvalue weighted by Crippen LogP contribution is 2.10. The van der Waals surface area contributed by atoms with Gasteiger partial charge in [0.25, 0.3) is 11.8 Å². The summed E-state index contributed by atoms with van der Waals surface area (Å²) in [5.74, 6) is -1.83. The highest BCUT2D eigenvalue weighted by atomic mass is 16.5. The van der Waals surface area contributed by atoms with E-state index < -0.39 is 35.9 Å². The number of aryl methyl sites for hydroxylation is 2. The molecule has 3 atom stereocenters. The maximum Gasteiger partial charge on any atom is 0.274 e. The largest absolute Gasteiger partial charge is 0.391 e. The van der Waals surface area contributed by atoms with E-state index in [1.165, 1.54) is 17.9 Å². The van der Waals surface area contributed by atoms with E-state index in [1.807, 2.05) is 51.1 Å². The van der Waals surface area contributed by atoms with E-state index in [0.29, 0.717) is 25.1 Å². The highest BCUT2D eigenvalue weighted by Gasteiger charge is 2.30. The number of carbonyl (C=O) groups is 4. The Morgan fingerprint density at radius 1 is 1.07 bits per heavy atom. The predicted molar refractivity (Wildman–Crippen MR) is 159 cm³/mol. The zero-order valence-corrected chi connectivity index (χ0v) is 25.6. The Labute approximate surface area is 252 Å². The van der Waals surface area contributed by atoms with Crippen LogP contribution in [0.4, 0.5) is 0 Å². The maximum atomic E-state index is 13.2. The van der Waals surface area contributed by atoms with Crippen molar-refractivity contribution in [3.05, 3.63) is 64.6 Å². The van der Waals surface area contributed by atoms with Crippen LogP contribution in [-0.4, -0.2) is 70.6 Å². The van der Waals surface area contributed by atoms with Crippen LogP contribution in [-0.2, 0) is 20.9 Å². The van der Waals surface area contributed by atoms with Gasteiger partial charge in [-0.3, -0.25) is 19.2 Å². The molecule has 43 heavy (non-hydrogen) atoms. The fourth-order valence-electron chi connectivity index (χ4n) is 4.14. The summed E-state index contributed by atoms with van der Waals surface area (Å²) in [7, 11) is 1.60.